The second kappa shape index (κ2) is 6.28. The molecule has 1 aliphatic rings. The predicted molar refractivity (Wildman–Crippen MR) is 49.9 cm³/mol. The molecule has 0 N–H and O–H groups in total. The number of alkyl halides is 1. The number of hydrogen-bond acceptors (Lipinski definition) is 4. The second-order valence-corrected chi connectivity index (χ2v) is 9.52. The minimum atomic E-state index is -0.0270. The number of ketones is 1. The third kappa shape index (κ3) is 4.15. The molecule has 1 heterocycles. The van der Waals surface area contributed by atoms with Crippen LogP contribution in [0, 0.1) is 0 Å². The molecule has 1 rings (SSSR count). The molecule has 5 heteroatoms. The van der Waals surface area contributed by atoms with Crippen molar-refractivity contribution in [3.63, 3.8) is 0 Å². The van der Waals surface area contributed by atoms with Crippen molar-refractivity contribution in [3.05, 3.63) is 12.7 Å². The van der Waals surface area contributed by atoms with Crippen LogP contribution in [0.25, 0.3) is 0 Å². The second-order valence-electron chi connectivity index (χ2n) is 2.07. The van der Waals surface area contributed by atoms with Gasteiger partial charge in [0.15, 0.2) is 0 Å². The van der Waals surface area contributed by atoms with Crippen LogP contribution in [-0.4, -0.2) is 27.3 Å². The molecular formula is C7H10IO2S2-. The van der Waals surface area contributed by atoms with Gasteiger partial charge in [0.25, 0.3) is 0 Å². The van der Waals surface area contributed by atoms with Gasteiger partial charge >= 0.3 is 90.0 Å². The number of hydrogen-bond donors (Lipinski definition) is 0. The fourth-order valence-corrected chi connectivity index (χ4v) is 8.86. The van der Waals surface area contributed by atoms with E-state index in [1.54, 1.807) is 0 Å². The number of halogens is 1. The van der Waals surface area contributed by atoms with Gasteiger partial charge in [-0.15, -0.1) is 0 Å². The molecule has 0 amide bonds. The predicted octanol–water partition coefficient (Wildman–Crippen LogP) is -1.47. The van der Waals surface area contributed by atoms with E-state index < -0.39 is 0 Å². The Morgan fingerprint density at radius 2 is 2.67 bits per heavy atom. The Balaban J connectivity index is 2.12. The van der Waals surface area contributed by atoms with E-state index in [1.807, 2.05) is 20.7 Å². The maximum absolute atomic E-state index is 10.8. The molecule has 0 aromatic heterocycles. The van der Waals surface area contributed by atoms with E-state index in [2.05, 4.69) is 6.58 Å². The molecule has 1 fully saturated rings. The van der Waals surface area contributed by atoms with Crippen LogP contribution in [0.2, 0.25) is 0 Å². The summed E-state index contributed by atoms with van der Waals surface area (Å²) in [6.45, 7) is 3.58. The number of ether oxygens (including phenoxy) is 1. The van der Waals surface area contributed by atoms with E-state index in [0.29, 0.717) is 19.8 Å². The molecule has 0 bridgehead atoms. The fraction of sp³-hybridized carbons (Fsp3) is 0.571. The quantitative estimate of drug-likeness (QED) is 0.359. The minimum absolute atomic E-state index is 0.0270. The van der Waals surface area contributed by atoms with Gasteiger partial charge in [-0.25, -0.2) is 0 Å². The van der Waals surface area contributed by atoms with Gasteiger partial charge in [0, 0.05) is 0 Å². The summed E-state index contributed by atoms with van der Waals surface area (Å²) in [6.07, 6.45) is 1.31. The van der Waals surface area contributed by atoms with E-state index in [-0.39, 0.29) is 17.8 Å². The topological polar surface area (TPSA) is 26.3 Å². The molecule has 1 saturated heterocycles. The zero-order chi connectivity index (χ0) is 8.81. The van der Waals surface area contributed by atoms with Crippen LogP contribution in [0.1, 0.15) is 0 Å². The van der Waals surface area contributed by atoms with E-state index in [1.165, 1.54) is 9.84 Å². The third-order valence-corrected chi connectivity index (χ3v) is 8.93. The molecule has 2 nitrogen and oxygen atoms in total. The normalized spacial score (nSPS) is 24.2. The molecule has 70 valence electrons. The fourth-order valence-electron chi connectivity index (χ4n) is 0.602. The summed E-state index contributed by atoms with van der Waals surface area (Å²) in [5, 5.41) is 0. The number of thioether (sulfide) groups is 1. The summed E-state index contributed by atoms with van der Waals surface area (Å²) in [4.78, 5) is 10.8. The Kier molecular flexibility index (Phi) is 5.70. The summed E-state index contributed by atoms with van der Waals surface area (Å²) in [5.74, 6) is 1.02. The van der Waals surface area contributed by atoms with Gasteiger partial charge in [-0.2, -0.15) is 0 Å². The molecule has 0 aromatic carbocycles. The monoisotopic (exact) mass is 317 g/mol. The summed E-state index contributed by atoms with van der Waals surface area (Å²) < 4.78 is 6.61. The molecule has 0 radical (unpaired) electrons. The van der Waals surface area contributed by atoms with Crippen molar-refractivity contribution in [1.29, 1.82) is 0 Å². The molecule has 0 aliphatic carbocycles. The molecule has 1 unspecified atom stereocenters. The molecule has 0 spiro atoms. The van der Waals surface area contributed by atoms with Crippen LogP contribution in [0.15, 0.2) is 12.7 Å². The summed E-state index contributed by atoms with van der Waals surface area (Å²) in [5.41, 5.74) is 0.229. The average Bonchev–Trinajstić information content (AvgIpc) is 2.16. The van der Waals surface area contributed by atoms with E-state index >= 15 is 0 Å². The van der Waals surface area contributed by atoms with Gasteiger partial charge in [0.05, 0.1) is 0 Å². The van der Waals surface area contributed by atoms with Gasteiger partial charge in [-0.3, -0.25) is 0 Å². The molecule has 1 atom stereocenters. The Morgan fingerprint density at radius 1 is 1.83 bits per heavy atom. The standard InChI is InChI=1S/C7H10IO2S2/c1-2-6(9)3-10-7-4-12-8-5-11-7/h2,7H,1,3-5H2/q-1. The Labute approximate surface area is 89.6 Å². The van der Waals surface area contributed by atoms with Crippen molar-refractivity contribution < 1.29 is 29.4 Å². The molecule has 12 heavy (non-hydrogen) atoms. The van der Waals surface area contributed by atoms with Crippen molar-refractivity contribution >= 4 is 26.5 Å². The van der Waals surface area contributed by atoms with Crippen molar-refractivity contribution in [2.24, 2.45) is 0 Å². The van der Waals surface area contributed by atoms with Crippen molar-refractivity contribution in [2.75, 3.05) is 16.1 Å². The maximum atomic E-state index is 10.8. The summed E-state index contributed by atoms with van der Waals surface area (Å²) in [7, 11) is 1.99. The Bertz CT molecular complexity index is 169. The van der Waals surface area contributed by atoms with Crippen LogP contribution in [0.4, 0.5) is 0 Å². The summed E-state index contributed by atoms with van der Waals surface area (Å²) in [6, 6.07) is 0. The average molecular weight is 317 g/mol. The van der Waals surface area contributed by atoms with Gasteiger partial charge < -0.3 is 0 Å². The van der Waals surface area contributed by atoms with Crippen molar-refractivity contribution in [3.8, 4) is 0 Å². The Morgan fingerprint density at radius 3 is 3.25 bits per heavy atom. The molecule has 0 saturated carbocycles. The van der Waals surface area contributed by atoms with Crippen molar-refractivity contribution in [2.45, 2.75) is 5.44 Å². The van der Waals surface area contributed by atoms with Gasteiger partial charge in [-0.05, 0) is 0 Å². The first-order valence-corrected chi connectivity index (χ1v) is 9.52. The Hall–Kier alpha value is 0.800. The summed E-state index contributed by atoms with van der Waals surface area (Å²) >= 11 is 2.19. The molecule has 1 aliphatic heterocycles. The number of carbonyl (C=O) groups is 1. The SMILES string of the molecule is C=CC(=O)COC1CS[I-]CS1. The van der Waals surface area contributed by atoms with Crippen LogP contribution >= 0.6 is 20.7 Å². The number of rotatable bonds is 4. The zero-order valence-corrected chi connectivity index (χ0v) is 10.3. The van der Waals surface area contributed by atoms with Crippen LogP contribution < -0.4 is 19.8 Å². The number of carbonyl (C=O) groups excluding carboxylic acids is 1. The van der Waals surface area contributed by atoms with Gasteiger partial charge in [0.2, 0.25) is 0 Å². The van der Waals surface area contributed by atoms with E-state index in [9.17, 15) is 4.79 Å². The van der Waals surface area contributed by atoms with E-state index in [4.69, 9.17) is 4.74 Å². The zero-order valence-electron chi connectivity index (χ0n) is 6.49. The third-order valence-electron chi connectivity index (χ3n) is 1.21. The molecule has 0 aromatic rings. The van der Waals surface area contributed by atoms with Crippen LogP contribution in [0.3, 0.4) is 0 Å². The first kappa shape index (κ1) is 10.9. The molecular weight excluding hydrogens is 307 g/mol. The first-order chi connectivity index (χ1) is 5.83. The van der Waals surface area contributed by atoms with Crippen LogP contribution in [0.5, 0.6) is 0 Å². The van der Waals surface area contributed by atoms with Crippen molar-refractivity contribution in [1.82, 2.24) is 0 Å². The van der Waals surface area contributed by atoms with E-state index in [0.717, 1.165) is 5.75 Å². The first-order valence-electron chi connectivity index (χ1n) is 3.42. The van der Waals surface area contributed by atoms with Gasteiger partial charge in [-0.1, -0.05) is 0 Å². The van der Waals surface area contributed by atoms with Gasteiger partial charge in [0.1, 0.15) is 0 Å². The van der Waals surface area contributed by atoms with Crippen LogP contribution in [-0.2, 0) is 9.53 Å².